The van der Waals surface area contributed by atoms with E-state index in [1.165, 1.54) is 10.9 Å². The van der Waals surface area contributed by atoms with Crippen molar-refractivity contribution < 1.29 is 0 Å². The molecule has 16 heavy (non-hydrogen) atoms. The lowest BCUT2D eigenvalue weighted by Gasteiger charge is -2.04. The standard InChI is InChI=1S/C12H16BrN3/c1-3-16-12(13)10-7-9(6-8(2)14)4-5-11(10)15-16/h4-5,7-8H,3,6,14H2,1-2H3. The molecule has 2 N–H and O–H groups in total. The fraction of sp³-hybridized carbons (Fsp3) is 0.417. The third-order valence-corrected chi connectivity index (χ3v) is 3.43. The molecular formula is C12H16BrN3. The zero-order valence-electron chi connectivity index (χ0n) is 9.57. The third-order valence-electron chi connectivity index (χ3n) is 2.60. The first-order valence-corrected chi connectivity index (χ1v) is 6.31. The van der Waals surface area contributed by atoms with Crippen molar-refractivity contribution in [2.45, 2.75) is 32.9 Å². The number of benzene rings is 1. The van der Waals surface area contributed by atoms with E-state index in [2.05, 4.69) is 46.2 Å². The second-order valence-electron chi connectivity index (χ2n) is 4.14. The molecule has 0 radical (unpaired) electrons. The van der Waals surface area contributed by atoms with Crippen LogP contribution in [0.2, 0.25) is 0 Å². The highest BCUT2D eigenvalue weighted by atomic mass is 79.9. The molecule has 3 nitrogen and oxygen atoms in total. The average molecular weight is 282 g/mol. The van der Waals surface area contributed by atoms with E-state index in [1.54, 1.807) is 0 Å². The fourth-order valence-electron chi connectivity index (χ4n) is 1.86. The third kappa shape index (κ3) is 2.13. The smallest absolute Gasteiger partial charge is 0.111 e. The molecule has 1 atom stereocenters. The predicted molar refractivity (Wildman–Crippen MR) is 70.5 cm³/mol. The number of hydrogen-bond donors (Lipinski definition) is 1. The van der Waals surface area contributed by atoms with Crippen molar-refractivity contribution in [2.75, 3.05) is 0 Å². The van der Waals surface area contributed by atoms with Crippen LogP contribution in [0.5, 0.6) is 0 Å². The van der Waals surface area contributed by atoms with Crippen molar-refractivity contribution in [3.05, 3.63) is 28.4 Å². The van der Waals surface area contributed by atoms with E-state index in [1.807, 2.05) is 11.6 Å². The second kappa shape index (κ2) is 4.55. The summed E-state index contributed by atoms with van der Waals surface area (Å²) in [4.78, 5) is 0. The molecule has 1 heterocycles. The maximum absolute atomic E-state index is 5.81. The molecule has 0 saturated carbocycles. The maximum atomic E-state index is 5.81. The first-order valence-electron chi connectivity index (χ1n) is 5.52. The maximum Gasteiger partial charge on any atom is 0.111 e. The summed E-state index contributed by atoms with van der Waals surface area (Å²) >= 11 is 3.58. The Hall–Kier alpha value is -0.870. The van der Waals surface area contributed by atoms with Gasteiger partial charge in [-0.15, -0.1) is 0 Å². The van der Waals surface area contributed by atoms with Gasteiger partial charge in [-0.3, -0.25) is 4.68 Å². The Balaban J connectivity index is 2.48. The quantitative estimate of drug-likeness (QED) is 0.940. The molecule has 0 fully saturated rings. The molecule has 0 amide bonds. The van der Waals surface area contributed by atoms with Crippen LogP contribution in [0.15, 0.2) is 22.8 Å². The Labute approximate surface area is 104 Å². The van der Waals surface area contributed by atoms with E-state index in [4.69, 9.17) is 5.73 Å². The summed E-state index contributed by atoms with van der Waals surface area (Å²) in [7, 11) is 0. The number of aromatic nitrogens is 2. The first-order chi connectivity index (χ1) is 7.61. The van der Waals surface area contributed by atoms with Crippen LogP contribution in [0.4, 0.5) is 0 Å². The highest BCUT2D eigenvalue weighted by Crippen LogP contribution is 2.25. The molecule has 0 bridgehead atoms. The van der Waals surface area contributed by atoms with Gasteiger partial charge in [-0.25, -0.2) is 0 Å². The van der Waals surface area contributed by atoms with Crippen molar-refractivity contribution >= 4 is 26.8 Å². The number of halogens is 1. The lowest BCUT2D eigenvalue weighted by atomic mass is 10.1. The molecule has 86 valence electrons. The van der Waals surface area contributed by atoms with Gasteiger partial charge in [-0.1, -0.05) is 6.07 Å². The minimum absolute atomic E-state index is 0.192. The molecule has 2 rings (SSSR count). The lowest BCUT2D eigenvalue weighted by Crippen LogP contribution is -2.17. The minimum atomic E-state index is 0.192. The average Bonchev–Trinajstić information content (AvgIpc) is 2.55. The van der Waals surface area contributed by atoms with Gasteiger partial charge in [0.25, 0.3) is 0 Å². The molecule has 0 aliphatic carbocycles. The predicted octanol–water partition coefficient (Wildman–Crippen LogP) is 2.71. The van der Waals surface area contributed by atoms with E-state index in [0.717, 1.165) is 23.1 Å². The van der Waals surface area contributed by atoms with Crippen molar-refractivity contribution in [1.29, 1.82) is 0 Å². The van der Waals surface area contributed by atoms with Crippen LogP contribution >= 0.6 is 15.9 Å². The van der Waals surface area contributed by atoms with Gasteiger partial charge in [0.15, 0.2) is 0 Å². The van der Waals surface area contributed by atoms with Gasteiger partial charge in [-0.05, 0) is 53.9 Å². The van der Waals surface area contributed by atoms with Crippen LogP contribution in [-0.2, 0) is 13.0 Å². The van der Waals surface area contributed by atoms with Crippen molar-refractivity contribution in [1.82, 2.24) is 9.78 Å². The van der Waals surface area contributed by atoms with Gasteiger partial charge >= 0.3 is 0 Å². The molecule has 2 aromatic rings. The van der Waals surface area contributed by atoms with Gasteiger partial charge in [0, 0.05) is 18.0 Å². The molecule has 0 spiro atoms. The van der Waals surface area contributed by atoms with Crippen LogP contribution < -0.4 is 5.73 Å². The number of aryl methyl sites for hydroxylation is 1. The number of fused-ring (bicyclic) bond motifs is 1. The molecule has 0 aliphatic rings. The number of nitrogens with zero attached hydrogens (tertiary/aromatic N) is 2. The molecule has 1 unspecified atom stereocenters. The zero-order chi connectivity index (χ0) is 11.7. The zero-order valence-corrected chi connectivity index (χ0v) is 11.2. The Morgan fingerprint density at radius 3 is 2.88 bits per heavy atom. The van der Waals surface area contributed by atoms with Crippen LogP contribution in [0.25, 0.3) is 10.9 Å². The molecular weight excluding hydrogens is 266 g/mol. The monoisotopic (exact) mass is 281 g/mol. The fourth-order valence-corrected chi connectivity index (χ4v) is 2.50. The normalized spacial score (nSPS) is 13.2. The van der Waals surface area contributed by atoms with Gasteiger partial charge in [-0.2, -0.15) is 5.10 Å². The van der Waals surface area contributed by atoms with E-state index >= 15 is 0 Å². The largest absolute Gasteiger partial charge is 0.328 e. The highest BCUT2D eigenvalue weighted by molar-refractivity contribution is 9.10. The first kappa shape index (κ1) is 11.6. The SMILES string of the molecule is CCn1nc2ccc(CC(C)N)cc2c1Br. The van der Waals surface area contributed by atoms with Crippen LogP contribution in [0, 0.1) is 0 Å². The van der Waals surface area contributed by atoms with Crippen molar-refractivity contribution in [3.8, 4) is 0 Å². The Bertz CT molecular complexity index is 502. The molecule has 1 aromatic carbocycles. The van der Waals surface area contributed by atoms with Gasteiger partial charge in [0.05, 0.1) is 5.52 Å². The van der Waals surface area contributed by atoms with Crippen molar-refractivity contribution in [2.24, 2.45) is 5.73 Å². The van der Waals surface area contributed by atoms with Crippen molar-refractivity contribution in [3.63, 3.8) is 0 Å². The van der Waals surface area contributed by atoms with E-state index < -0.39 is 0 Å². The minimum Gasteiger partial charge on any atom is -0.328 e. The summed E-state index contributed by atoms with van der Waals surface area (Å²) in [6, 6.07) is 6.52. The summed E-state index contributed by atoms with van der Waals surface area (Å²) in [5.41, 5.74) is 8.10. The summed E-state index contributed by atoms with van der Waals surface area (Å²) in [6.45, 7) is 4.98. The highest BCUT2D eigenvalue weighted by Gasteiger charge is 2.08. The number of rotatable bonds is 3. The Kier molecular flexibility index (Phi) is 3.30. The van der Waals surface area contributed by atoms with E-state index in [-0.39, 0.29) is 6.04 Å². The summed E-state index contributed by atoms with van der Waals surface area (Å²) < 4.78 is 3.01. The van der Waals surface area contributed by atoms with Crippen LogP contribution in [-0.4, -0.2) is 15.8 Å². The molecule has 0 saturated heterocycles. The Morgan fingerprint density at radius 1 is 1.50 bits per heavy atom. The summed E-state index contributed by atoms with van der Waals surface area (Å²) in [5, 5.41) is 5.66. The van der Waals surface area contributed by atoms with E-state index in [0.29, 0.717) is 0 Å². The Morgan fingerprint density at radius 2 is 2.25 bits per heavy atom. The van der Waals surface area contributed by atoms with Gasteiger partial charge < -0.3 is 5.73 Å². The van der Waals surface area contributed by atoms with Crippen LogP contribution in [0.1, 0.15) is 19.4 Å². The molecule has 0 aliphatic heterocycles. The summed E-state index contributed by atoms with van der Waals surface area (Å²) in [5.74, 6) is 0. The van der Waals surface area contributed by atoms with Crippen LogP contribution in [0.3, 0.4) is 0 Å². The second-order valence-corrected chi connectivity index (χ2v) is 4.89. The molecule has 1 aromatic heterocycles. The topological polar surface area (TPSA) is 43.8 Å². The lowest BCUT2D eigenvalue weighted by molar-refractivity contribution is 0.653. The van der Waals surface area contributed by atoms with Gasteiger partial charge in [0.1, 0.15) is 4.60 Å². The van der Waals surface area contributed by atoms with E-state index in [9.17, 15) is 0 Å². The van der Waals surface area contributed by atoms with Gasteiger partial charge in [0.2, 0.25) is 0 Å². The molecule has 4 heteroatoms. The summed E-state index contributed by atoms with van der Waals surface area (Å²) in [6.07, 6.45) is 0.902. The number of hydrogen-bond acceptors (Lipinski definition) is 2. The number of nitrogens with two attached hydrogens (primary N) is 1.